The molecule has 0 amide bonds. The lowest BCUT2D eigenvalue weighted by atomic mass is 9.33. The van der Waals surface area contributed by atoms with E-state index in [0.717, 1.165) is 41.2 Å². The predicted octanol–water partition coefficient (Wildman–Crippen LogP) is 7.07. The molecule has 3 aliphatic rings. The third kappa shape index (κ3) is 4.10. The Bertz CT molecular complexity index is 1550. The molecule has 7 rings (SSSR count). The summed E-state index contributed by atoms with van der Waals surface area (Å²) in [6.45, 7) is 1.97. The van der Waals surface area contributed by atoms with Gasteiger partial charge in [-0.2, -0.15) is 0 Å². The highest BCUT2D eigenvalue weighted by Crippen LogP contribution is 2.73. The van der Waals surface area contributed by atoms with Crippen LogP contribution in [0.2, 0.25) is 0 Å². The number of hydrogen-bond acceptors (Lipinski definition) is 4. The molecule has 38 heavy (non-hydrogen) atoms. The average molecular weight is 538 g/mol. The van der Waals surface area contributed by atoms with Crippen LogP contribution in [0.1, 0.15) is 49.2 Å². The van der Waals surface area contributed by atoms with E-state index in [1.165, 1.54) is 24.3 Å². The molecule has 0 radical (unpaired) electrons. The lowest BCUT2D eigenvalue weighted by Crippen LogP contribution is -2.68. The number of benzene rings is 3. The third-order valence-corrected chi connectivity index (χ3v) is 8.88. The molecule has 0 saturated heterocycles. The molecular weight excluding hydrogens is 507 g/mol. The zero-order valence-corrected chi connectivity index (χ0v) is 22.6. The van der Waals surface area contributed by atoms with Crippen LogP contribution in [-0.4, -0.2) is 23.0 Å². The summed E-state index contributed by atoms with van der Waals surface area (Å²) in [5.74, 6) is 0.0755. The molecule has 0 aliphatic heterocycles. The first-order valence-corrected chi connectivity index (χ1v) is 13.7. The number of halogens is 3. The van der Waals surface area contributed by atoms with Gasteiger partial charge in [-0.1, -0.05) is 24.3 Å². The van der Waals surface area contributed by atoms with Gasteiger partial charge in [0.15, 0.2) is 0 Å². The Balaban J connectivity index is 0.00000144. The topological polar surface area (TPSA) is 46.9 Å². The molecule has 1 atom stereocenters. The fraction of sp³-hybridized carbons (Fsp3) is 0.333. The second-order valence-electron chi connectivity index (χ2n) is 10.4. The number of anilines is 1. The third-order valence-electron chi connectivity index (χ3n) is 8.08. The van der Waals surface area contributed by atoms with Crippen molar-refractivity contribution >= 4 is 28.4 Å². The Morgan fingerprint density at radius 2 is 1.63 bits per heavy atom. The summed E-state index contributed by atoms with van der Waals surface area (Å²) < 4.78 is 39.2. The van der Waals surface area contributed by atoms with Crippen molar-refractivity contribution in [2.75, 3.05) is 18.8 Å². The Labute approximate surface area is 224 Å². The van der Waals surface area contributed by atoms with Crippen LogP contribution in [0, 0.1) is 11.6 Å². The Morgan fingerprint density at radius 1 is 0.974 bits per heavy atom. The van der Waals surface area contributed by atoms with E-state index in [0.29, 0.717) is 23.6 Å². The van der Waals surface area contributed by atoms with Crippen molar-refractivity contribution < 1.29 is 13.2 Å². The molecule has 3 fully saturated rings. The van der Waals surface area contributed by atoms with Crippen molar-refractivity contribution in [2.45, 2.75) is 48.0 Å². The number of thioether (sulfide) groups is 1. The molecule has 8 heteroatoms. The van der Waals surface area contributed by atoms with E-state index in [1.807, 2.05) is 49.6 Å². The Hall–Kier alpha value is -3.26. The molecule has 3 aromatic carbocycles. The standard InChI is InChI=1S/C29H27F2N3OS.CH3F/c1-17(32-23-6-4-5-7-24(23)36-3)21-12-20(31)13-22-25(21)33-27(34(2)26(22)35)29-14-28(15-29,16-29)18-8-10-19(30)11-9-18;1-2/h4-13,17,32H,14-16H2,1-3H3;1H3. The van der Waals surface area contributed by atoms with Gasteiger partial charge in [-0.25, -0.2) is 13.8 Å². The van der Waals surface area contributed by atoms with Gasteiger partial charge in [0.1, 0.15) is 17.5 Å². The maximum atomic E-state index is 14.7. The van der Waals surface area contributed by atoms with Crippen LogP contribution in [0.3, 0.4) is 0 Å². The van der Waals surface area contributed by atoms with Gasteiger partial charge in [-0.05, 0) is 79.8 Å². The van der Waals surface area contributed by atoms with Gasteiger partial charge < -0.3 is 5.32 Å². The summed E-state index contributed by atoms with van der Waals surface area (Å²) >= 11 is 1.64. The number of para-hydroxylation sites is 1. The number of hydrogen-bond donors (Lipinski definition) is 1. The fourth-order valence-electron chi connectivity index (χ4n) is 6.38. The highest BCUT2D eigenvalue weighted by molar-refractivity contribution is 7.98. The van der Waals surface area contributed by atoms with E-state index >= 15 is 0 Å². The minimum absolute atomic E-state index is 0.0301. The second-order valence-corrected chi connectivity index (χ2v) is 11.2. The number of aromatic nitrogens is 2. The molecule has 3 saturated carbocycles. The number of nitrogens with one attached hydrogen (secondary N) is 1. The minimum Gasteiger partial charge on any atom is -0.378 e. The van der Waals surface area contributed by atoms with Crippen molar-refractivity contribution in [3.63, 3.8) is 0 Å². The summed E-state index contributed by atoms with van der Waals surface area (Å²) in [5.41, 5.74) is 2.95. The smallest absolute Gasteiger partial charge is 0.261 e. The van der Waals surface area contributed by atoms with Crippen molar-refractivity contribution in [3.05, 3.63) is 99.6 Å². The molecular formula is C30H30F3N3OS. The molecule has 1 aromatic heterocycles. The van der Waals surface area contributed by atoms with Gasteiger partial charge in [0, 0.05) is 28.6 Å². The maximum Gasteiger partial charge on any atom is 0.261 e. The summed E-state index contributed by atoms with van der Waals surface area (Å²) in [5, 5.41) is 3.79. The van der Waals surface area contributed by atoms with Crippen molar-refractivity contribution in [1.29, 1.82) is 0 Å². The van der Waals surface area contributed by atoms with Crippen LogP contribution in [0.25, 0.3) is 10.9 Å². The van der Waals surface area contributed by atoms with Gasteiger partial charge in [-0.3, -0.25) is 13.8 Å². The zero-order valence-electron chi connectivity index (χ0n) is 21.8. The molecule has 198 valence electrons. The lowest BCUT2D eigenvalue weighted by molar-refractivity contribution is -0.0777. The zero-order chi connectivity index (χ0) is 27.2. The summed E-state index contributed by atoms with van der Waals surface area (Å²) in [6.07, 6.45) is 4.65. The lowest BCUT2D eigenvalue weighted by Gasteiger charge is -2.70. The largest absolute Gasteiger partial charge is 0.378 e. The molecule has 1 N–H and O–H groups in total. The van der Waals surface area contributed by atoms with Crippen LogP contribution in [0.15, 0.2) is 70.4 Å². The predicted molar refractivity (Wildman–Crippen MR) is 148 cm³/mol. The Kier molecular flexibility index (Phi) is 6.80. The van der Waals surface area contributed by atoms with Crippen LogP contribution >= 0.6 is 11.8 Å². The quantitative estimate of drug-likeness (QED) is 0.267. The van der Waals surface area contributed by atoms with Crippen molar-refractivity contribution in [2.24, 2.45) is 7.05 Å². The summed E-state index contributed by atoms with van der Waals surface area (Å²) in [6, 6.07) is 17.3. The molecule has 4 nitrogen and oxygen atoms in total. The Morgan fingerprint density at radius 3 is 2.29 bits per heavy atom. The van der Waals surface area contributed by atoms with Crippen LogP contribution < -0.4 is 10.9 Å². The maximum absolute atomic E-state index is 14.7. The first kappa shape index (κ1) is 26.4. The number of rotatable bonds is 6. The number of fused-ring (bicyclic) bond motifs is 1. The van der Waals surface area contributed by atoms with Gasteiger partial charge >= 0.3 is 0 Å². The monoisotopic (exact) mass is 537 g/mol. The van der Waals surface area contributed by atoms with Crippen LogP contribution in [0.4, 0.5) is 18.9 Å². The SMILES string of the molecule is CF.CSc1ccccc1NC(C)c1cc(F)cc2c(=O)n(C)c(C34CC(c5ccc(F)cc5)(C3)C4)nc12. The normalized spacial score (nSPS) is 22.1. The highest BCUT2D eigenvalue weighted by atomic mass is 32.2. The second kappa shape index (κ2) is 9.80. The van der Waals surface area contributed by atoms with Crippen molar-refractivity contribution in [1.82, 2.24) is 9.55 Å². The van der Waals surface area contributed by atoms with E-state index in [1.54, 1.807) is 23.4 Å². The minimum atomic E-state index is -0.447. The van der Waals surface area contributed by atoms with Crippen LogP contribution in [-0.2, 0) is 17.9 Å². The molecule has 1 heterocycles. The van der Waals surface area contributed by atoms with Gasteiger partial charge in [-0.15, -0.1) is 11.8 Å². The number of nitrogens with zero attached hydrogens (tertiary/aromatic N) is 2. The summed E-state index contributed by atoms with van der Waals surface area (Å²) in [7, 11) is 2.23. The van der Waals surface area contributed by atoms with E-state index in [4.69, 9.17) is 4.98 Å². The van der Waals surface area contributed by atoms with E-state index in [-0.39, 0.29) is 28.2 Å². The van der Waals surface area contributed by atoms with E-state index in [9.17, 15) is 18.0 Å². The molecule has 2 bridgehead atoms. The van der Waals surface area contributed by atoms with Gasteiger partial charge in [0.2, 0.25) is 0 Å². The molecule has 4 aromatic rings. The first-order chi connectivity index (χ1) is 18.2. The summed E-state index contributed by atoms with van der Waals surface area (Å²) in [4.78, 5) is 19.6. The molecule has 1 unspecified atom stereocenters. The highest BCUT2D eigenvalue weighted by Gasteiger charge is 2.70. The van der Waals surface area contributed by atoms with E-state index < -0.39 is 5.82 Å². The average Bonchev–Trinajstić information content (AvgIpc) is 2.88. The van der Waals surface area contributed by atoms with Crippen LogP contribution in [0.5, 0.6) is 0 Å². The molecule has 3 aliphatic carbocycles. The number of alkyl halides is 1. The van der Waals surface area contributed by atoms with Gasteiger partial charge in [0.25, 0.3) is 5.56 Å². The van der Waals surface area contributed by atoms with E-state index in [2.05, 4.69) is 5.32 Å². The molecule has 0 spiro atoms. The first-order valence-electron chi connectivity index (χ1n) is 12.5. The van der Waals surface area contributed by atoms with Gasteiger partial charge in [0.05, 0.1) is 24.1 Å². The fourth-order valence-corrected chi connectivity index (χ4v) is 6.94. The van der Waals surface area contributed by atoms with Crippen molar-refractivity contribution in [3.8, 4) is 0 Å².